The third-order valence-corrected chi connectivity index (χ3v) is 4.22. The van der Waals surface area contributed by atoms with E-state index in [9.17, 15) is 4.79 Å². The molecule has 134 valence electrons. The van der Waals surface area contributed by atoms with Gasteiger partial charge in [-0.05, 0) is 35.7 Å². The summed E-state index contributed by atoms with van der Waals surface area (Å²) in [5.41, 5.74) is 1.84. The highest BCUT2D eigenvalue weighted by atomic mass is 35.5. The highest BCUT2D eigenvalue weighted by Crippen LogP contribution is 2.25. The molecule has 25 heavy (non-hydrogen) atoms. The van der Waals surface area contributed by atoms with Crippen LogP contribution in [0.25, 0.3) is 0 Å². The van der Waals surface area contributed by atoms with Gasteiger partial charge in [0.05, 0.1) is 19.7 Å². The van der Waals surface area contributed by atoms with Gasteiger partial charge in [-0.1, -0.05) is 31.5 Å². The third-order valence-electron chi connectivity index (χ3n) is 3.99. The summed E-state index contributed by atoms with van der Waals surface area (Å²) in [5, 5.41) is 3.69. The van der Waals surface area contributed by atoms with Crippen LogP contribution < -0.4 is 10.1 Å². The van der Waals surface area contributed by atoms with E-state index in [4.69, 9.17) is 16.3 Å². The van der Waals surface area contributed by atoms with E-state index in [2.05, 4.69) is 24.1 Å². The van der Waals surface area contributed by atoms with Crippen LogP contribution >= 0.6 is 11.6 Å². The number of carbonyl (C=O) groups excluding carboxylic acids is 1. The van der Waals surface area contributed by atoms with E-state index in [0.717, 1.165) is 11.1 Å². The summed E-state index contributed by atoms with van der Waals surface area (Å²) >= 11 is 6.06. The van der Waals surface area contributed by atoms with Crippen molar-refractivity contribution in [2.75, 3.05) is 14.2 Å². The fraction of sp³-hybridized carbons (Fsp3) is 0.368. The number of ether oxygens (including phenoxy) is 1. The highest BCUT2D eigenvalue weighted by Gasteiger charge is 2.21. The summed E-state index contributed by atoms with van der Waals surface area (Å²) in [6.07, 6.45) is 3.51. The Morgan fingerprint density at radius 1 is 1.36 bits per heavy atom. The van der Waals surface area contributed by atoms with Crippen LogP contribution in [0.2, 0.25) is 5.02 Å². The van der Waals surface area contributed by atoms with Crippen LogP contribution in [0.5, 0.6) is 5.75 Å². The molecular weight excluding hydrogens is 338 g/mol. The van der Waals surface area contributed by atoms with Crippen molar-refractivity contribution in [2.24, 2.45) is 5.92 Å². The van der Waals surface area contributed by atoms with Crippen LogP contribution in [0.1, 0.15) is 31.0 Å². The molecule has 1 heterocycles. The van der Waals surface area contributed by atoms with E-state index < -0.39 is 0 Å². The quantitative estimate of drug-likeness (QED) is 0.835. The van der Waals surface area contributed by atoms with Crippen LogP contribution in [-0.4, -0.2) is 30.1 Å². The first kappa shape index (κ1) is 19.1. The monoisotopic (exact) mass is 361 g/mol. The number of carbonyl (C=O) groups is 1. The molecule has 0 saturated carbocycles. The standard InChI is InChI=1S/C19H24ClN3O2/c1-13(2)18(14-6-5-9-21-11-14)22-19(24)23(3)12-15-10-16(20)7-8-17(15)25-4/h5-11,13,18H,12H2,1-4H3,(H,22,24)/t18-/m0/s1. The van der Waals surface area contributed by atoms with E-state index in [-0.39, 0.29) is 18.0 Å². The van der Waals surface area contributed by atoms with E-state index in [0.29, 0.717) is 17.3 Å². The van der Waals surface area contributed by atoms with Gasteiger partial charge in [0.1, 0.15) is 5.75 Å². The molecule has 1 atom stereocenters. The van der Waals surface area contributed by atoms with Crippen LogP contribution in [0, 0.1) is 5.92 Å². The highest BCUT2D eigenvalue weighted by molar-refractivity contribution is 6.30. The SMILES string of the molecule is COc1ccc(Cl)cc1CN(C)C(=O)N[C@H](c1cccnc1)C(C)C. The van der Waals surface area contributed by atoms with Crippen molar-refractivity contribution >= 4 is 17.6 Å². The number of amides is 2. The van der Waals surface area contributed by atoms with Gasteiger partial charge in [-0.25, -0.2) is 4.79 Å². The molecule has 1 N–H and O–H groups in total. The van der Waals surface area contributed by atoms with Crippen LogP contribution in [0.3, 0.4) is 0 Å². The fourth-order valence-corrected chi connectivity index (χ4v) is 2.83. The van der Waals surface area contributed by atoms with E-state index >= 15 is 0 Å². The molecule has 0 radical (unpaired) electrons. The number of halogens is 1. The minimum Gasteiger partial charge on any atom is -0.496 e. The first-order valence-corrected chi connectivity index (χ1v) is 8.54. The van der Waals surface area contributed by atoms with Gasteiger partial charge in [-0.2, -0.15) is 0 Å². The maximum absolute atomic E-state index is 12.6. The summed E-state index contributed by atoms with van der Waals surface area (Å²) in [4.78, 5) is 18.4. The van der Waals surface area contributed by atoms with Crippen molar-refractivity contribution in [3.05, 3.63) is 58.9 Å². The topological polar surface area (TPSA) is 54.5 Å². The minimum atomic E-state index is -0.162. The number of pyridine rings is 1. The summed E-state index contributed by atoms with van der Waals surface area (Å²) in [7, 11) is 3.35. The van der Waals surface area contributed by atoms with Gasteiger partial charge in [0.2, 0.25) is 0 Å². The van der Waals surface area contributed by atoms with Gasteiger partial charge < -0.3 is 15.0 Å². The second kappa shape index (κ2) is 8.72. The smallest absolute Gasteiger partial charge is 0.317 e. The van der Waals surface area contributed by atoms with Gasteiger partial charge in [-0.15, -0.1) is 0 Å². The second-order valence-electron chi connectivity index (χ2n) is 6.27. The third kappa shape index (κ3) is 5.10. The molecule has 6 heteroatoms. The maximum atomic E-state index is 12.6. The molecule has 0 aliphatic carbocycles. The maximum Gasteiger partial charge on any atom is 0.317 e. The molecular formula is C19H24ClN3O2. The number of urea groups is 1. The molecule has 0 aliphatic rings. The lowest BCUT2D eigenvalue weighted by Crippen LogP contribution is -2.40. The summed E-state index contributed by atoms with van der Waals surface area (Å²) in [5.74, 6) is 0.943. The Morgan fingerprint density at radius 3 is 2.72 bits per heavy atom. The number of nitrogens with zero attached hydrogens (tertiary/aromatic N) is 2. The summed E-state index contributed by atoms with van der Waals surface area (Å²) < 4.78 is 5.34. The molecule has 0 unspecified atom stereocenters. The molecule has 5 nitrogen and oxygen atoms in total. The van der Waals surface area contributed by atoms with Crippen LogP contribution in [0.4, 0.5) is 4.79 Å². The van der Waals surface area contributed by atoms with E-state index in [1.54, 1.807) is 43.6 Å². The Morgan fingerprint density at radius 2 is 2.12 bits per heavy atom. The predicted molar refractivity (Wildman–Crippen MR) is 99.8 cm³/mol. The Hall–Kier alpha value is -2.27. The Kier molecular flexibility index (Phi) is 6.65. The zero-order chi connectivity index (χ0) is 18.4. The minimum absolute atomic E-state index is 0.107. The number of nitrogens with one attached hydrogen (secondary N) is 1. The number of methoxy groups -OCH3 is 1. The van der Waals surface area contributed by atoms with E-state index in [1.165, 1.54) is 0 Å². The van der Waals surface area contributed by atoms with Crippen molar-refractivity contribution in [1.82, 2.24) is 15.2 Å². The van der Waals surface area contributed by atoms with Crippen molar-refractivity contribution in [3.63, 3.8) is 0 Å². The molecule has 0 saturated heterocycles. The normalized spacial score (nSPS) is 11.9. The van der Waals surface area contributed by atoms with Crippen LogP contribution in [0.15, 0.2) is 42.7 Å². The van der Waals surface area contributed by atoms with Gasteiger partial charge in [0.15, 0.2) is 0 Å². The first-order chi connectivity index (χ1) is 11.9. The lowest BCUT2D eigenvalue weighted by Gasteiger charge is -2.26. The Bertz CT molecular complexity index is 707. The second-order valence-corrected chi connectivity index (χ2v) is 6.71. The predicted octanol–water partition coefficient (Wildman–Crippen LogP) is 4.28. The van der Waals surface area contributed by atoms with Crippen molar-refractivity contribution in [3.8, 4) is 5.75 Å². The first-order valence-electron chi connectivity index (χ1n) is 8.16. The zero-order valence-corrected chi connectivity index (χ0v) is 15.7. The Labute approximate surface area is 154 Å². The largest absolute Gasteiger partial charge is 0.496 e. The van der Waals surface area contributed by atoms with Crippen molar-refractivity contribution < 1.29 is 9.53 Å². The summed E-state index contributed by atoms with van der Waals surface area (Å²) in [6.45, 7) is 4.53. The lowest BCUT2D eigenvalue weighted by atomic mass is 9.97. The molecule has 2 aromatic rings. The Balaban J connectivity index is 2.10. The van der Waals surface area contributed by atoms with Gasteiger partial charge >= 0.3 is 6.03 Å². The number of hydrogen-bond acceptors (Lipinski definition) is 3. The van der Waals surface area contributed by atoms with Crippen molar-refractivity contribution in [1.29, 1.82) is 0 Å². The fourth-order valence-electron chi connectivity index (χ4n) is 2.64. The molecule has 0 spiro atoms. The number of hydrogen-bond donors (Lipinski definition) is 1. The van der Waals surface area contributed by atoms with Gasteiger partial charge in [0, 0.05) is 30.0 Å². The molecule has 0 fully saturated rings. The average Bonchev–Trinajstić information content (AvgIpc) is 2.60. The molecule has 2 amide bonds. The lowest BCUT2D eigenvalue weighted by molar-refractivity contribution is 0.198. The zero-order valence-electron chi connectivity index (χ0n) is 15.0. The molecule has 2 rings (SSSR count). The molecule has 1 aromatic carbocycles. The molecule has 0 aliphatic heterocycles. The van der Waals surface area contributed by atoms with Crippen LogP contribution in [-0.2, 0) is 6.54 Å². The van der Waals surface area contributed by atoms with E-state index in [1.807, 2.05) is 18.2 Å². The van der Waals surface area contributed by atoms with Gasteiger partial charge in [0.25, 0.3) is 0 Å². The van der Waals surface area contributed by atoms with Gasteiger partial charge in [-0.3, -0.25) is 4.98 Å². The number of aromatic nitrogens is 1. The van der Waals surface area contributed by atoms with Crippen molar-refractivity contribution in [2.45, 2.75) is 26.4 Å². The average molecular weight is 362 g/mol. The molecule has 0 bridgehead atoms. The molecule has 1 aromatic heterocycles. The summed E-state index contributed by atoms with van der Waals surface area (Å²) in [6, 6.07) is 8.95. The number of benzene rings is 1. The number of rotatable bonds is 6.